The highest BCUT2D eigenvalue weighted by Gasteiger charge is 2.39. The zero-order valence-corrected chi connectivity index (χ0v) is 17.9. The minimum atomic E-state index is -0.462. The van der Waals surface area contributed by atoms with Crippen molar-refractivity contribution in [1.29, 1.82) is 0 Å². The molecule has 0 radical (unpaired) electrons. The van der Waals surface area contributed by atoms with Gasteiger partial charge in [-0.2, -0.15) is 0 Å². The van der Waals surface area contributed by atoms with Crippen LogP contribution in [0, 0.1) is 5.82 Å². The van der Waals surface area contributed by atoms with E-state index >= 15 is 0 Å². The van der Waals surface area contributed by atoms with E-state index in [0.717, 1.165) is 24.1 Å². The van der Waals surface area contributed by atoms with Crippen LogP contribution in [0.3, 0.4) is 0 Å². The Morgan fingerprint density at radius 3 is 2.56 bits per heavy atom. The molecule has 2 aliphatic rings. The maximum absolute atomic E-state index is 13.6. The highest BCUT2D eigenvalue weighted by atomic mass is 19.1. The van der Waals surface area contributed by atoms with Crippen molar-refractivity contribution in [2.75, 3.05) is 13.2 Å². The number of amides is 1. The number of carbonyl (C=O) groups is 1. The van der Waals surface area contributed by atoms with Crippen LogP contribution >= 0.6 is 0 Å². The van der Waals surface area contributed by atoms with Crippen LogP contribution in [0.15, 0.2) is 78.9 Å². The second-order valence-corrected chi connectivity index (χ2v) is 8.56. The number of rotatable bonds is 5. The van der Waals surface area contributed by atoms with Crippen LogP contribution in [0.5, 0.6) is 0 Å². The number of hydrogen-bond donors (Lipinski definition) is 1. The molecule has 1 saturated heterocycles. The average molecular weight is 431 g/mol. The lowest BCUT2D eigenvalue weighted by molar-refractivity contribution is -0.143. The molecule has 0 bridgehead atoms. The maximum Gasteiger partial charge on any atom is 0.252 e. The molecule has 3 aromatic rings. The van der Waals surface area contributed by atoms with Gasteiger partial charge in [0.2, 0.25) is 0 Å². The molecule has 1 amide bonds. The van der Waals surface area contributed by atoms with Gasteiger partial charge in [-0.1, -0.05) is 66.7 Å². The van der Waals surface area contributed by atoms with Gasteiger partial charge in [-0.05, 0) is 40.8 Å². The summed E-state index contributed by atoms with van der Waals surface area (Å²) < 4.78 is 19.5. The van der Waals surface area contributed by atoms with Crippen molar-refractivity contribution >= 4 is 5.91 Å². The number of nitrogens with one attached hydrogen (secondary N) is 1. The molecule has 0 spiro atoms. The summed E-state index contributed by atoms with van der Waals surface area (Å²) in [6.45, 7) is 1.90. The molecule has 0 aliphatic carbocycles. The molecule has 3 atom stereocenters. The van der Waals surface area contributed by atoms with Crippen molar-refractivity contribution in [3.8, 4) is 0 Å². The molecule has 5 heteroatoms. The summed E-state index contributed by atoms with van der Waals surface area (Å²) in [5.41, 5.74) is 4.48. The Bertz CT molecular complexity index is 1070. The first-order valence-corrected chi connectivity index (χ1v) is 11.2. The van der Waals surface area contributed by atoms with Crippen LogP contribution < -0.4 is 5.32 Å². The third kappa shape index (κ3) is 4.31. The van der Waals surface area contributed by atoms with Gasteiger partial charge in [-0.3, -0.25) is 4.79 Å². The van der Waals surface area contributed by atoms with Gasteiger partial charge in [0.25, 0.3) is 5.91 Å². The summed E-state index contributed by atoms with van der Waals surface area (Å²) in [5, 5.41) is 3.51. The Kier molecular flexibility index (Phi) is 6.02. The van der Waals surface area contributed by atoms with Crippen molar-refractivity contribution in [3.05, 3.63) is 107 Å². The van der Waals surface area contributed by atoms with Crippen LogP contribution in [-0.4, -0.2) is 36.1 Å². The summed E-state index contributed by atoms with van der Waals surface area (Å²) in [4.78, 5) is 15.5. The van der Waals surface area contributed by atoms with Gasteiger partial charge in [0.1, 0.15) is 11.9 Å². The van der Waals surface area contributed by atoms with Gasteiger partial charge >= 0.3 is 0 Å². The van der Waals surface area contributed by atoms with Crippen molar-refractivity contribution in [2.24, 2.45) is 0 Å². The van der Waals surface area contributed by atoms with Gasteiger partial charge in [0, 0.05) is 25.6 Å². The molecule has 0 saturated carbocycles. The maximum atomic E-state index is 13.6. The SMILES string of the molecule is O=C([C@@H]1CC(NCc2ccccc2)CO1)N1CCc2ccccc2[C@@H]1c1ccc(F)cc1. The van der Waals surface area contributed by atoms with Crippen molar-refractivity contribution < 1.29 is 13.9 Å². The predicted molar refractivity (Wildman–Crippen MR) is 122 cm³/mol. The van der Waals surface area contributed by atoms with E-state index in [1.165, 1.54) is 23.3 Å². The fourth-order valence-electron chi connectivity index (χ4n) is 4.79. The zero-order chi connectivity index (χ0) is 21.9. The number of benzene rings is 3. The van der Waals surface area contributed by atoms with Crippen LogP contribution in [0.25, 0.3) is 0 Å². The Labute approximate surface area is 188 Å². The lowest BCUT2D eigenvalue weighted by Crippen LogP contribution is -2.45. The van der Waals surface area contributed by atoms with E-state index in [9.17, 15) is 9.18 Å². The Morgan fingerprint density at radius 2 is 1.75 bits per heavy atom. The van der Waals surface area contributed by atoms with Crippen LogP contribution in [0.1, 0.15) is 34.7 Å². The van der Waals surface area contributed by atoms with Crippen molar-refractivity contribution in [3.63, 3.8) is 0 Å². The minimum absolute atomic E-state index is 0.0119. The summed E-state index contributed by atoms with van der Waals surface area (Å²) >= 11 is 0. The van der Waals surface area contributed by atoms with E-state index in [0.29, 0.717) is 19.6 Å². The summed E-state index contributed by atoms with van der Waals surface area (Å²) in [6, 6.07) is 24.8. The monoisotopic (exact) mass is 430 g/mol. The molecular weight excluding hydrogens is 403 g/mol. The second kappa shape index (κ2) is 9.23. The van der Waals surface area contributed by atoms with Crippen LogP contribution in [0.4, 0.5) is 4.39 Å². The summed E-state index contributed by atoms with van der Waals surface area (Å²) in [7, 11) is 0. The van der Waals surface area contributed by atoms with Gasteiger partial charge in [-0.25, -0.2) is 4.39 Å². The highest BCUT2D eigenvalue weighted by molar-refractivity contribution is 5.82. The van der Waals surface area contributed by atoms with Crippen molar-refractivity contribution in [1.82, 2.24) is 10.2 Å². The molecule has 0 aromatic heterocycles. The Morgan fingerprint density at radius 1 is 1.00 bits per heavy atom. The fourth-order valence-corrected chi connectivity index (χ4v) is 4.79. The number of nitrogens with zero attached hydrogens (tertiary/aromatic N) is 1. The third-order valence-corrected chi connectivity index (χ3v) is 6.46. The van der Waals surface area contributed by atoms with Crippen LogP contribution in [-0.2, 0) is 22.5 Å². The first kappa shape index (κ1) is 20.9. The van der Waals surface area contributed by atoms with Crippen LogP contribution in [0.2, 0.25) is 0 Å². The lowest BCUT2D eigenvalue weighted by Gasteiger charge is -2.39. The van der Waals surface area contributed by atoms with E-state index in [1.807, 2.05) is 35.2 Å². The number of fused-ring (bicyclic) bond motifs is 1. The zero-order valence-electron chi connectivity index (χ0n) is 17.9. The molecule has 1 fully saturated rings. The number of hydrogen-bond acceptors (Lipinski definition) is 3. The molecule has 164 valence electrons. The largest absolute Gasteiger partial charge is 0.367 e. The average Bonchev–Trinajstić information content (AvgIpc) is 3.32. The highest BCUT2D eigenvalue weighted by Crippen LogP contribution is 2.36. The molecule has 32 heavy (non-hydrogen) atoms. The van der Waals surface area contributed by atoms with Crippen molar-refractivity contribution in [2.45, 2.75) is 37.6 Å². The predicted octanol–water partition coefficient (Wildman–Crippen LogP) is 4.25. The first-order chi connectivity index (χ1) is 15.7. The number of halogens is 1. The third-order valence-electron chi connectivity index (χ3n) is 6.46. The normalized spacial score (nSPS) is 22.5. The molecule has 5 rings (SSSR count). The van der Waals surface area contributed by atoms with Gasteiger partial charge < -0.3 is 15.0 Å². The second-order valence-electron chi connectivity index (χ2n) is 8.56. The molecule has 4 nitrogen and oxygen atoms in total. The van der Waals surface area contributed by atoms with E-state index in [-0.39, 0.29) is 23.8 Å². The van der Waals surface area contributed by atoms with Gasteiger partial charge in [-0.15, -0.1) is 0 Å². The Hall–Kier alpha value is -3.02. The van der Waals surface area contributed by atoms with Gasteiger partial charge in [0.05, 0.1) is 12.6 Å². The van der Waals surface area contributed by atoms with E-state index in [4.69, 9.17) is 4.74 Å². The number of ether oxygens (including phenoxy) is 1. The molecule has 1 unspecified atom stereocenters. The molecule has 2 heterocycles. The topological polar surface area (TPSA) is 41.6 Å². The van der Waals surface area contributed by atoms with Gasteiger partial charge in [0.15, 0.2) is 0 Å². The molecule has 3 aromatic carbocycles. The summed E-state index contributed by atoms with van der Waals surface area (Å²) in [6.07, 6.45) is 0.999. The smallest absolute Gasteiger partial charge is 0.252 e. The standard InChI is InChI=1S/C27H27FN2O2/c28-22-12-10-21(11-13-22)26-24-9-5-4-8-20(24)14-15-30(26)27(31)25-16-23(18-32-25)29-17-19-6-2-1-3-7-19/h1-13,23,25-26,29H,14-18H2/t23?,25-,26-/m0/s1. The quantitative estimate of drug-likeness (QED) is 0.658. The molecule has 1 N–H and O–H groups in total. The van der Waals surface area contributed by atoms with E-state index in [1.54, 1.807) is 12.1 Å². The first-order valence-electron chi connectivity index (χ1n) is 11.2. The fraction of sp³-hybridized carbons (Fsp3) is 0.296. The van der Waals surface area contributed by atoms with E-state index in [2.05, 4.69) is 29.6 Å². The summed E-state index contributed by atoms with van der Waals surface area (Å²) in [5.74, 6) is -0.264. The molecule has 2 aliphatic heterocycles. The minimum Gasteiger partial charge on any atom is -0.367 e. The number of carbonyl (C=O) groups excluding carboxylic acids is 1. The lowest BCUT2D eigenvalue weighted by atomic mass is 9.87. The van der Waals surface area contributed by atoms with E-state index < -0.39 is 6.10 Å². The molecular formula is C27H27FN2O2. The Balaban J connectivity index is 1.32.